The monoisotopic (exact) mass is 233 g/mol. The summed E-state index contributed by atoms with van der Waals surface area (Å²) in [4.78, 5) is 12.1. The predicted octanol–water partition coefficient (Wildman–Crippen LogP) is 1.19. The van der Waals surface area contributed by atoms with Crippen LogP contribution in [-0.4, -0.2) is 39.1 Å². The van der Waals surface area contributed by atoms with Gasteiger partial charge in [-0.3, -0.25) is 4.79 Å². The summed E-state index contributed by atoms with van der Waals surface area (Å²) >= 11 is 0. The molecule has 0 aliphatic carbocycles. The lowest BCUT2D eigenvalue weighted by Gasteiger charge is -2.10. The van der Waals surface area contributed by atoms with Gasteiger partial charge in [0.2, 0.25) is 6.41 Å². The van der Waals surface area contributed by atoms with Gasteiger partial charge in [-0.2, -0.15) is 0 Å². The largest absolute Gasteiger partial charge is 0.348 e. The molecule has 0 heterocycles. The minimum absolute atomic E-state index is 0.105. The standard InChI is InChI=1S/C10H19NO3S/c1-4-6-10(2)15(13,14)8-5-7-11(3)9-12/h6,9H,4-5,7-8H2,1-3H3/b10-6+. The van der Waals surface area contributed by atoms with Gasteiger partial charge < -0.3 is 4.90 Å². The zero-order valence-corrected chi connectivity index (χ0v) is 10.4. The highest BCUT2D eigenvalue weighted by molar-refractivity contribution is 7.95. The molecule has 0 aromatic rings. The molecule has 0 aliphatic rings. The zero-order valence-electron chi connectivity index (χ0n) is 9.56. The molecule has 0 aromatic heterocycles. The Morgan fingerprint density at radius 3 is 2.47 bits per heavy atom. The lowest BCUT2D eigenvalue weighted by molar-refractivity contribution is -0.117. The molecule has 0 rings (SSSR count). The number of sulfone groups is 1. The van der Waals surface area contributed by atoms with E-state index in [-0.39, 0.29) is 5.75 Å². The second-order valence-corrected chi connectivity index (χ2v) is 5.76. The quantitative estimate of drug-likeness (QED) is 0.621. The Balaban J connectivity index is 4.17. The molecule has 0 spiro atoms. The molecular formula is C10H19NO3S. The van der Waals surface area contributed by atoms with Crippen LogP contribution in [0.5, 0.6) is 0 Å². The Morgan fingerprint density at radius 2 is 2.00 bits per heavy atom. The molecule has 0 atom stereocenters. The van der Waals surface area contributed by atoms with Crippen molar-refractivity contribution >= 4 is 16.2 Å². The van der Waals surface area contributed by atoms with Crippen LogP contribution in [0.25, 0.3) is 0 Å². The van der Waals surface area contributed by atoms with E-state index in [2.05, 4.69) is 0 Å². The van der Waals surface area contributed by atoms with Crippen LogP contribution in [-0.2, 0) is 14.6 Å². The van der Waals surface area contributed by atoms with E-state index >= 15 is 0 Å². The molecule has 0 radical (unpaired) electrons. The summed E-state index contributed by atoms with van der Waals surface area (Å²) in [7, 11) is -1.47. The summed E-state index contributed by atoms with van der Waals surface area (Å²) in [5.74, 6) is 0.105. The molecule has 0 aromatic carbocycles. The molecular weight excluding hydrogens is 214 g/mol. The van der Waals surface area contributed by atoms with Crippen LogP contribution < -0.4 is 0 Å². The summed E-state index contributed by atoms with van der Waals surface area (Å²) < 4.78 is 23.2. The number of hydrogen-bond donors (Lipinski definition) is 0. The van der Waals surface area contributed by atoms with Crippen molar-refractivity contribution in [3.63, 3.8) is 0 Å². The van der Waals surface area contributed by atoms with E-state index in [9.17, 15) is 13.2 Å². The van der Waals surface area contributed by atoms with Crippen LogP contribution in [0.4, 0.5) is 0 Å². The fraction of sp³-hybridized carbons (Fsp3) is 0.700. The maximum atomic E-state index is 11.6. The van der Waals surface area contributed by atoms with Gasteiger partial charge in [0.1, 0.15) is 0 Å². The topological polar surface area (TPSA) is 54.5 Å². The average Bonchev–Trinajstić information content (AvgIpc) is 2.17. The summed E-state index contributed by atoms with van der Waals surface area (Å²) in [6, 6.07) is 0. The fourth-order valence-corrected chi connectivity index (χ4v) is 2.38. The second-order valence-electron chi connectivity index (χ2n) is 3.48. The number of carbonyl (C=O) groups is 1. The van der Waals surface area contributed by atoms with Crippen molar-refractivity contribution in [3.05, 3.63) is 11.0 Å². The van der Waals surface area contributed by atoms with Gasteiger partial charge in [0, 0.05) is 18.5 Å². The molecule has 0 N–H and O–H groups in total. The summed E-state index contributed by atoms with van der Waals surface area (Å²) in [5.41, 5.74) is 0. The maximum absolute atomic E-state index is 11.6. The Kier molecular flexibility index (Phi) is 6.24. The van der Waals surface area contributed by atoms with Crippen molar-refractivity contribution in [2.75, 3.05) is 19.3 Å². The Hall–Kier alpha value is -0.840. The SMILES string of the molecule is CC/C=C(\C)S(=O)(=O)CCCN(C)C=O. The summed E-state index contributed by atoms with van der Waals surface area (Å²) in [6.45, 7) is 3.99. The molecule has 0 bridgehead atoms. The number of amides is 1. The maximum Gasteiger partial charge on any atom is 0.209 e. The smallest absolute Gasteiger partial charge is 0.209 e. The minimum Gasteiger partial charge on any atom is -0.348 e. The van der Waals surface area contributed by atoms with E-state index in [0.717, 1.165) is 6.42 Å². The molecule has 15 heavy (non-hydrogen) atoms. The van der Waals surface area contributed by atoms with Gasteiger partial charge in [-0.05, 0) is 19.8 Å². The van der Waals surface area contributed by atoms with Crippen LogP contribution in [0.15, 0.2) is 11.0 Å². The van der Waals surface area contributed by atoms with Crippen LogP contribution in [0, 0.1) is 0 Å². The Bertz CT molecular complexity index is 320. The lowest BCUT2D eigenvalue weighted by atomic mass is 10.4. The predicted molar refractivity (Wildman–Crippen MR) is 61.1 cm³/mol. The van der Waals surface area contributed by atoms with Crippen LogP contribution in [0.1, 0.15) is 26.7 Å². The minimum atomic E-state index is -3.11. The highest BCUT2D eigenvalue weighted by Crippen LogP contribution is 2.08. The zero-order chi connectivity index (χ0) is 11.9. The Morgan fingerprint density at radius 1 is 1.40 bits per heavy atom. The van der Waals surface area contributed by atoms with Crippen molar-refractivity contribution in [2.45, 2.75) is 26.7 Å². The highest BCUT2D eigenvalue weighted by atomic mass is 32.2. The third kappa shape index (κ3) is 5.57. The molecule has 88 valence electrons. The number of hydrogen-bond acceptors (Lipinski definition) is 3. The molecule has 0 aliphatic heterocycles. The normalized spacial score (nSPS) is 12.6. The van der Waals surface area contributed by atoms with Gasteiger partial charge in [0.25, 0.3) is 0 Å². The third-order valence-electron chi connectivity index (χ3n) is 2.09. The fourth-order valence-electron chi connectivity index (χ4n) is 1.13. The molecule has 4 nitrogen and oxygen atoms in total. The van der Waals surface area contributed by atoms with E-state index in [1.165, 1.54) is 4.90 Å². The van der Waals surface area contributed by atoms with E-state index < -0.39 is 9.84 Å². The van der Waals surface area contributed by atoms with Gasteiger partial charge in [0.15, 0.2) is 9.84 Å². The van der Waals surface area contributed by atoms with Gasteiger partial charge in [-0.25, -0.2) is 8.42 Å². The van der Waals surface area contributed by atoms with E-state index in [1.807, 2.05) is 6.92 Å². The first-order valence-corrected chi connectivity index (χ1v) is 6.64. The van der Waals surface area contributed by atoms with E-state index in [1.54, 1.807) is 20.0 Å². The van der Waals surface area contributed by atoms with Gasteiger partial charge in [-0.1, -0.05) is 13.0 Å². The van der Waals surface area contributed by atoms with Crippen molar-refractivity contribution < 1.29 is 13.2 Å². The first-order valence-electron chi connectivity index (χ1n) is 4.99. The van der Waals surface area contributed by atoms with Crippen molar-refractivity contribution in [2.24, 2.45) is 0 Å². The van der Waals surface area contributed by atoms with E-state index in [4.69, 9.17) is 0 Å². The first kappa shape index (κ1) is 14.2. The van der Waals surface area contributed by atoms with Gasteiger partial charge in [0.05, 0.1) is 5.75 Å². The van der Waals surface area contributed by atoms with E-state index in [0.29, 0.717) is 24.3 Å². The number of allylic oxidation sites excluding steroid dienone is 2. The van der Waals surface area contributed by atoms with Crippen LogP contribution >= 0.6 is 0 Å². The molecule has 0 unspecified atom stereocenters. The summed E-state index contributed by atoms with van der Waals surface area (Å²) in [6.07, 6.45) is 3.60. The molecule has 0 saturated carbocycles. The van der Waals surface area contributed by atoms with Gasteiger partial charge >= 0.3 is 0 Å². The van der Waals surface area contributed by atoms with Crippen LogP contribution in [0.3, 0.4) is 0 Å². The van der Waals surface area contributed by atoms with Crippen LogP contribution in [0.2, 0.25) is 0 Å². The van der Waals surface area contributed by atoms with Crippen molar-refractivity contribution in [1.82, 2.24) is 4.90 Å². The summed E-state index contributed by atoms with van der Waals surface area (Å²) in [5, 5.41) is 0. The lowest BCUT2D eigenvalue weighted by Crippen LogP contribution is -2.20. The number of rotatable bonds is 7. The second kappa shape index (κ2) is 6.61. The Labute approximate surface area is 91.9 Å². The number of carbonyl (C=O) groups excluding carboxylic acids is 1. The van der Waals surface area contributed by atoms with Gasteiger partial charge in [-0.15, -0.1) is 0 Å². The molecule has 0 saturated heterocycles. The molecule has 1 amide bonds. The van der Waals surface area contributed by atoms with Crippen molar-refractivity contribution in [3.8, 4) is 0 Å². The molecule has 5 heteroatoms. The third-order valence-corrected chi connectivity index (χ3v) is 4.06. The molecule has 0 fully saturated rings. The van der Waals surface area contributed by atoms with Crippen molar-refractivity contribution in [1.29, 1.82) is 0 Å². The first-order chi connectivity index (χ1) is 6.94. The number of nitrogens with zero attached hydrogens (tertiary/aromatic N) is 1. The average molecular weight is 233 g/mol. The highest BCUT2D eigenvalue weighted by Gasteiger charge is 2.12.